The predicted molar refractivity (Wildman–Crippen MR) is 84.3 cm³/mol. The molecule has 102 valence electrons. The van der Waals surface area contributed by atoms with Crippen LogP contribution in [0.25, 0.3) is 0 Å². The van der Waals surface area contributed by atoms with Crippen molar-refractivity contribution in [1.82, 2.24) is 4.98 Å². The van der Waals surface area contributed by atoms with Crippen molar-refractivity contribution < 1.29 is 4.74 Å². The summed E-state index contributed by atoms with van der Waals surface area (Å²) in [5.74, 6) is 0.967. The summed E-state index contributed by atoms with van der Waals surface area (Å²) in [6.07, 6.45) is 3.98. The van der Waals surface area contributed by atoms with E-state index in [2.05, 4.69) is 50.7 Å². The lowest BCUT2D eigenvalue weighted by atomic mass is 9.83. The number of hydrogen-bond donors (Lipinski definition) is 0. The van der Waals surface area contributed by atoms with E-state index >= 15 is 0 Å². The zero-order valence-corrected chi connectivity index (χ0v) is 14.7. The fourth-order valence-electron chi connectivity index (χ4n) is 2.05. The zero-order valence-electron chi connectivity index (χ0n) is 11.5. The Hall–Kier alpha value is -0.0900. The van der Waals surface area contributed by atoms with Crippen LogP contribution in [0.1, 0.15) is 30.2 Å². The molecule has 0 aromatic carbocycles. The van der Waals surface area contributed by atoms with Gasteiger partial charge in [0.15, 0.2) is 0 Å². The Kier molecular flexibility index (Phi) is 6.12. The SMILES string of the molecule is CCC(CBr)(CBr)Cc1ncc(C)c(OC)c1C. The van der Waals surface area contributed by atoms with Gasteiger partial charge >= 0.3 is 0 Å². The molecule has 1 rings (SSSR count). The van der Waals surface area contributed by atoms with Crippen LogP contribution >= 0.6 is 31.9 Å². The molecule has 0 aliphatic rings. The van der Waals surface area contributed by atoms with Crippen LogP contribution in [0.15, 0.2) is 6.20 Å². The quantitative estimate of drug-likeness (QED) is 0.683. The van der Waals surface area contributed by atoms with Gasteiger partial charge in [-0.3, -0.25) is 4.98 Å². The number of rotatable bonds is 6. The van der Waals surface area contributed by atoms with Crippen molar-refractivity contribution in [3.63, 3.8) is 0 Å². The highest BCUT2D eigenvalue weighted by Gasteiger charge is 2.28. The van der Waals surface area contributed by atoms with Crippen LogP contribution in [-0.2, 0) is 6.42 Å². The van der Waals surface area contributed by atoms with Gasteiger partial charge in [0.05, 0.1) is 7.11 Å². The third-order valence-electron chi connectivity index (χ3n) is 3.61. The minimum absolute atomic E-state index is 0.220. The molecule has 0 saturated heterocycles. The van der Waals surface area contributed by atoms with E-state index in [1.807, 2.05) is 13.1 Å². The number of aromatic nitrogens is 1. The van der Waals surface area contributed by atoms with Crippen molar-refractivity contribution in [2.24, 2.45) is 5.41 Å². The van der Waals surface area contributed by atoms with E-state index in [0.29, 0.717) is 0 Å². The topological polar surface area (TPSA) is 22.1 Å². The lowest BCUT2D eigenvalue weighted by molar-refractivity contribution is 0.365. The number of methoxy groups -OCH3 is 1. The molecule has 0 aliphatic heterocycles. The van der Waals surface area contributed by atoms with Gasteiger partial charge in [-0.25, -0.2) is 0 Å². The van der Waals surface area contributed by atoms with Crippen LogP contribution in [0.2, 0.25) is 0 Å². The fraction of sp³-hybridized carbons (Fsp3) is 0.643. The first kappa shape index (κ1) is 16.0. The number of pyridine rings is 1. The van der Waals surface area contributed by atoms with Crippen LogP contribution < -0.4 is 4.74 Å². The molecular weight excluding hydrogens is 358 g/mol. The van der Waals surface area contributed by atoms with E-state index in [1.54, 1.807) is 7.11 Å². The van der Waals surface area contributed by atoms with Crippen LogP contribution in [0.4, 0.5) is 0 Å². The number of ether oxygens (including phenoxy) is 1. The lowest BCUT2D eigenvalue weighted by Gasteiger charge is -2.29. The molecule has 1 heterocycles. The van der Waals surface area contributed by atoms with Crippen LogP contribution in [0.3, 0.4) is 0 Å². The highest BCUT2D eigenvalue weighted by atomic mass is 79.9. The molecule has 1 aromatic heterocycles. The Labute approximate surface area is 127 Å². The third kappa shape index (κ3) is 3.27. The Balaban J connectivity index is 3.11. The van der Waals surface area contributed by atoms with Crippen molar-refractivity contribution in [3.8, 4) is 5.75 Å². The molecule has 0 aliphatic carbocycles. The van der Waals surface area contributed by atoms with E-state index in [0.717, 1.165) is 46.1 Å². The van der Waals surface area contributed by atoms with Gasteiger partial charge in [-0.15, -0.1) is 0 Å². The Morgan fingerprint density at radius 2 is 1.89 bits per heavy atom. The Morgan fingerprint density at radius 3 is 2.33 bits per heavy atom. The summed E-state index contributed by atoms with van der Waals surface area (Å²) in [6.45, 7) is 6.35. The maximum Gasteiger partial charge on any atom is 0.128 e. The van der Waals surface area contributed by atoms with E-state index < -0.39 is 0 Å². The molecule has 4 heteroatoms. The molecule has 0 amide bonds. The van der Waals surface area contributed by atoms with Gasteiger partial charge in [-0.2, -0.15) is 0 Å². The molecule has 0 radical (unpaired) electrons. The average Bonchev–Trinajstić information content (AvgIpc) is 2.39. The zero-order chi connectivity index (χ0) is 13.8. The largest absolute Gasteiger partial charge is 0.496 e. The molecule has 2 nitrogen and oxygen atoms in total. The summed E-state index contributed by atoms with van der Waals surface area (Å²) < 4.78 is 5.47. The monoisotopic (exact) mass is 377 g/mol. The fourth-order valence-corrected chi connectivity index (χ4v) is 4.17. The number of halogens is 2. The van der Waals surface area contributed by atoms with Gasteiger partial charge in [0.1, 0.15) is 5.75 Å². The molecule has 18 heavy (non-hydrogen) atoms. The van der Waals surface area contributed by atoms with Gasteiger partial charge in [0.25, 0.3) is 0 Å². The number of alkyl halides is 2. The first-order valence-electron chi connectivity index (χ1n) is 6.14. The van der Waals surface area contributed by atoms with Gasteiger partial charge in [0, 0.05) is 33.7 Å². The molecule has 0 bridgehead atoms. The molecule has 0 fully saturated rings. The van der Waals surface area contributed by atoms with Gasteiger partial charge in [0.2, 0.25) is 0 Å². The van der Waals surface area contributed by atoms with Crippen molar-refractivity contribution in [1.29, 1.82) is 0 Å². The molecule has 1 aromatic rings. The second-order valence-corrected chi connectivity index (χ2v) is 5.97. The van der Waals surface area contributed by atoms with Gasteiger partial charge < -0.3 is 4.74 Å². The Bertz CT molecular complexity index is 395. The van der Waals surface area contributed by atoms with Crippen LogP contribution in [0, 0.1) is 19.3 Å². The van der Waals surface area contributed by atoms with E-state index in [9.17, 15) is 0 Å². The number of aryl methyl sites for hydroxylation is 1. The summed E-state index contributed by atoms with van der Waals surface area (Å²) in [4.78, 5) is 4.59. The lowest BCUT2D eigenvalue weighted by Crippen LogP contribution is -2.27. The minimum Gasteiger partial charge on any atom is -0.496 e. The van der Waals surface area contributed by atoms with Crippen molar-refractivity contribution in [2.75, 3.05) is 17.8 Å². The predicted octanol–water partition coefficient (Wildman–Crippen LogP) is 4.44. The van der Waals surface area contributed by atoms with Gasteiger partial charge in [-0.05, 0) is 32.1 Å². The first-order valence-corrected chi connectivity index (χ1v) is 8.39. The summed E-state index contributed by atoms with van der Waals surface area (Å²) in [5, 5.41) is 1.94. The van der Waals surface area contributed by atoms with E-state index in [4.69, 9.17) is 4.74 Å². The molecule has 0 spiro atoms. The highest BCUT2D eigenvalue weighted by molar-refractivity contribution is 9.09. The van der Waals surface area contributed by atoms with Crippen molar-refractivity contribution >= 4 is 31.9 Å². The van der Waals surface area contributed by atoms with E-state index in [-0.39, 0.29) is 5.41 Å². The molecule has 0 unspecified atom stereocenters. The standard InChI is InChI=1S/C14H21Br2NO/c1-5-14(8-15,9-16)6-12-11(3)13(18-4)10(2)7-17-12/h7H,5-6,8-9H2,1-4H3. The second-order valence-electron chi connectivity index (χ2n) is 4.84. The maximum absolute atomic E-state index is 5.47. The number of hydrogen-bond acceptors (Lipinski definition) is 2. The van der Waals surface area contributed by atoms with Crippen LogP contribution in [0.5, 0.6) is 5.75 Å². The summed E-state index contributed by atoms with van der Waals surface area (Å²) in [7, 11) is 1.72. The third-order valence-corrected chi connectivity index (χ3v) is 5.99. The summed E-state index contributed by atoms with van der Waals surface area (Å²) in [6, 6.07) is 0. The Morgan fingerprint density at radius 1 is 1.28 bits per heavy atom. The number of nitrogens with zero attached hydrogens (tertiary/aromatic N) is 1. The molecule has 0 saturated carbocycles. The average molecular weight is 379 g/mol. The van der Waals surface area contributed by atoms with Crippen molar-refractivity contribution in [2.45, 2.75) is 33.6 Å². The summed E-state index contributed by atoms with van der Waals surface area (Å²) in [5.41, 5.74) is 3.62. The second kappa shape index (κ2) is 6.90. The van der Waals surface area contributed by atoms with Crippen molar-refractivity contribution in [3.05, 3.63) is 23.0 Å². The summed E-state index contributed by atoms with van der Waals surface area (Å²) >= 11 is 7.27. The molecule has 0 N–H and O–H groups in total. The molecule has 0 atom stereocenters. The smallest absolute Gasteiger partial charge is 0.128 e. The molecular formula is C14H21Br2NO. The highest BCUT2D eigenvalue weighted by Crippen LogP contribution is 2.34. The maximum atomic E-state index is 5.47. The van der Waals surface area contributed by atoms with Gasteiger partial charge in [-0.1, -0.05) is 38.8 Å². The van der Waals surface area contributed by atoms with Crippen LogP contribution in [-0.4, -0.2) is 22.8 Å². The van der Waals surface area contributed by atoms with E-state index in [1.165, 1.54) is 0 Å². The normalized spacial score (nSPS) is 11.7. The first-order chi connectivity index (χ1) is 8.53. The minimum atomic E-state index is 0.220.